The lowest BCUT2D eigenvalue weighted by Crippen LogP contribution is -2.18. The SMILES string of the molecule is Cc1ccc(C)c(NC(=O)c2ccc(OC(=O)COc3cccc(C(C)C)c3)cc2)c1. The number of aryl methyl sites for hydroxylation is 2. The van der Waals surface area contributed by atoms with Crippen molar-refractivity contribution < 1.29 is 19.1 Å². The molecule has 1 N–H and O–H groups in total. The summed E-state index contributed by atoms with van der Waals surface area (Å²) in [5.41, 5.74) is 4.45. The number of ether oxygens (including phenoxy) is 2. The fraction of sp³-hybridized carbons (Fsp3) is 0.231. The van der Waals surface area contributed by atoms with E-state index in [1.165, 1.54) is 0 Å². The Hall–Kier alpha value is -3.60. The second kappa shape index (κ2) is 9.94. The Morgan fingerprint density at radius 3 is 2.35 bits per heavy atom. The van der Waals surface area contributed by atoms with Crippen LogP contribution in [0.1, 0.15) is 46.8 Å². The summed E-state index contributed by atoms with van der Waals surface area (Å²) in [4.78, 5) is 24.6. The van der Waals surface area contributed by atoms with Crippen LogP contribution in [0, 0.1) is 13.8 Å². The molecule has 0 saturated heterocycles. The van der Waals surface area contributed by atoms with Crippen LogP contribution >= 0.6 is 0 Å². The molecule has 0 aromatic heterocycles. The van der Waals surface area contributed by atoms with Crippen molar-refractivity contribution in [2.24, 2.45) is 0 Å². The zero-order chi connectivity index (χ0) is 22.4. The van der Waals surface area contributed by atoms with Gasteiger partial charge < -0.3 is 14.8 Å². The monoisotopic (exact) mass is 417 g/mol. The summed E-state index contributed by atoms with van der Waals surface area (Å²) in [7, 11) is 0. The summed E-state index contributed by atoms with van der Waals surface area (Å²) in [5, 5.41) is 2.91. The van der Waals surface area contributed by atoms with Gasteiger partial charge in [0.2, 0.25) is 0 Å². The van der Waals surface area contributed by atoms with E-state index in [-0.39, 0.29) is 12.5 Å². The molecule has 5 nitrogen and oxygen atoms in total. The molecule has 0 heterocycles. The fourth-order valence-corrected chi connectivity index (χ4v) is 3.01. The van der Waals surface area contributed by atoms with Gasteiger partial charge in [0.25, 0.3) is 5.91 Å². The Bertz CT molecular complexity index is 1070. The van der Waals surface area contributed by atoms with Crippen molar-refractivity contribution in [3.63, 3.8) is 0 Å². The van der Waals surface area contributed by atoms with Gasteiger partial charge in [-0.2, -0.15) is 0 Å². The van der Waals surface area contributed by atoms with Crippen molar-refractivity contribution in [2.45, 2.75) is 33.6 Å². The quantitative estimate of drug-likeness (QED) is 0.398. The molecule has 0 radical (unpaired) electrons. The van der Waals surface area contributed by atoms with Gasteiger partial charge >= 0.3 is 5.97 Å². The van der Waals surface area contributed by atoms with E-state index in [1.807, 2.05) is 56.3 Å². The molecule has 3 aromatic carbocycles. The molecule has 5 heteroatoms. The number of nitrogens with one attached hydrogen (secondary N) is 1. The largest absolute Gasteiger partial charge is 0.482 e. The highest BCUT2D eigenvalue weighted by Gasteiger charge is 2.11. The lowest BCUT2D eigenvalue weighted by atomic mass is 10.0. The minimum absolute atomic E-state index is 0.198. The molecule has 0 spiro atoms. The average molecular weight is 418 g/mol. The number of esters is 1. The van der Waals surface area contributed by atoms with Gasteiger partial charge in [-0.1, -0.05) is 38.1 Å². The summed E-state index contributed by atoms with van der Waals surface area (Å²) >= 11 is 0. The zero-order valence-electron chi connectivity index (χ0n) is 18.3. The van der Waals surface area contributed by atoms with Crippen molar-refractivity contribution >= 4 is 17.6 Å². The summed E-state index contributed by atoms with van der Waals surface area (Å²) in [6.45, 7) is 7.91. The van der Waals surface area contributed by atoms with Gasteiger partial charge in [-0.15, -0.1) is 0 Å². The normalized spacial score (nSPS) is 10.6. The van der Waals surface area contributed by atoms with Gasteiger partial charge in [-0.05, 0) is 78.9 Å². The van der Waals surface area contributed by atoms with Crippen LogP contribution in [0.2, 0.25) is 0 Å². The van der Waals surface area contributed by atoms with E-state index in [0.717, 1.165) is 22.4 Å². The number of hydrogen-bond acceptors (Lipinski definition) is 4. The predicted octanol–water partition coefficient (Wildman–Crippen LogP) is 5.66. The molecular formula is C26H27NO4. The van der Waals surface area contributed by atoms with Crippen LogP contribution in [0.3, 0.4) is 0 Å². The standard InChI is InChI=1S/C26H27NO4/c1-17(2)21-6-5-7-23(15-21)30-16-25(28)31-22-12-10-20(11-13-22)26(29)27-24-14-18(3)8-9-19(24)4/h5-15,17H,16H2,1-4H3,(H,27,29). The number of rotatable bonds is 7. The first-order valence-corrected chi connectivity index (χ1v) is 10.2. The van der Waals surface area contributed by atoms with Crippen LogP contribution in [0.25, 0.3) is 0 Å². The number of hydrogen-bond donors (Lipinski definition) is 1. The Morgan fingerprint density at radius 2 is 1.65 bits per heavy atom. The highest BCUT2D eigenvalue weighted by molar-refractivity contribution is 6.04. The van der Waals surface area contributed by atoms with Gasteiger partial charge in [-0.25, -0.2) is 4.79 Å². The maximum atomic E-state index is 12.5. The van der Waals surface area contributed by atoms with Crippen molar-refractivity contribution in [2.75, 3.05) is 11.9 Å². The number of carbonyl (C=O) groups excluding carboxylic acids is 2. The first-order chi connectivity index (χ1) is 14.8. The van der Waals surface area contributed by atoms with Gasteiger partial charge in [0.15, 0.2) is 6.61 Å². The molecular weight excluding hydrogens is 390 g/mol. The first-order valence-electron chi connectivity index (χ1n) is 10.2. The molecule has 1 amide bonds. The lowest BCUT2D eigenvalue weighted by molar-refractivity contribution is -0.136. The second-order valence-electron chi connectivity index (χ2n) is 7.79. The van der Waals surface area contributed by atoms with Crippen LogP contribution < -0.4 is 14.8 Å². The Labute approximate surface area is 183 Å². The number of anilines is 1. The molecule has 160 valence electrons. The van der Waals surface area contributed by atoms with Crippen molar-refractivity contribution in [3.05, 3.63) is 89.0 Å². The van der Waals surface area contributed by atoms with E-state index in [0.29, 0.717) is 23.0 Å². The van der Waals surface area contributed by atoms with Crippen molar-refractivity contribution in [1.82, 2.24) is 0 Å². The van der Waals surface area contributed by atoms with E-state index in [2.05, 4.69) is 19.2 Å². The van der Waals surface area contributed by atoms with Crippen LogP contribution in [0.15, 0.2) is 66.7 Å². The third kappa shape index (κ3) is 6.19. The van der Waals surface area contributed by atoms with Crippen LogP contribution in [0.4, 0.5) is 5.69 Å². The van der Waals surface area contributed by atoms with Gasteiger partial charge in [0.05, 0.1) is 0 Å². The van der Waals surface area contributed by atoms with Gasteiger partial charge in [0, 0.05) is 11.3 Å². The zero-order valence-corrected chi connectivity index (χ0v) is 18.3. The number of benzene rings is 3. The van der Waals surface area contributed by atoms with Crippen LogP contribution in [-0.4, -0.2) is 18.5 Å². The minimum Gasteiger partial charge on any atom is -0.482 e. The highest BCUT2D eigenvalue weighted by Crippen LogP contribution is 2.21. The number of amides is 1. The fourth-order valence-electron chi connectivity index (χ4n) is 3.01. The van der Waals surface area contributed by atoms with Crippen molar-refractivity contribution in [3.8, 4) is 11.5 Å². The molecule has 0 atom stereocenters. The van der Waals surface area contributed by atoms with E-state index in [9.17, 15) is 9.59 Å². The average Bonchev–Trinajstić information content (AvgIpc) is 2.75. The smallest absolute Gasteiger partial charge is 0.349 e. The Kier molecular flexibility index (Phi) is 7.08. The molecule has 0 aliphatic heterocycles. The molecule has 0 fully saturated rings. The lowest BCUT2D eigenvalue weighted by Gasteiger charge is -2.11. The molecule has 3 rings (SSSR count). The Morgan fingerprint density at radius 1 is 0.903 bits per heavy atom. The minimum atomic E-state index is -0.512. The second-order valence-corrected chi connectivity index (χ2v) is 7.79. The molecule has 0 aliphatic rings. The van der Waals surface area contributed by atoms with Crippen molar-refractivity contribution in [1.29, 1.82) is 0 Å². The third-order valence-electron chi connectivity index (χ3n) is 4.87. The summed E-state index contributed by atoms with van der Waals surface area (Å²) in [5.74, 6) is 0.623. The molecule has 31 heavy (non-hydrogen) atoms. The van der Waals surface area contributed by atoms with Gasteiger partial charge in [0.1, 0.15) is 11.5 Å². The van der Waals surface area contributed by atoms with E-state index < -0.39 is 5.97 Å². The van der Waals surface area contributed by atoms with E-state index in [1.54, 1.807) is 24.3 Å². The summed E-state index contributed by atoms with van der Waals surface area (Å²) < 4.78 is 10.8. The molecule has 0 unspecified atom stereocenters. The molecule has 3 aromatic rings. The summed E-state index contributed by atoms with van der Waals surface area (Å²) in [6.07, 6.45) is 0. The number of carbonyl (C=O) groups is 2. The molecule has 0 saturated carbocycles. The topological polar surface area (TPSA) is 64.6 Å². The Balaban J connectivity index is 1.55. The van der Waals surface area contributed by atoms with E-state index in [4.69, 9.17) is 9.47 Å². The van der Waals surface area contributed by atoms with Crippen LogP contribution in [-0.2, 0) is 4.79 Å². The maximum Gasteiger partial charge on any atom is 0.349 e. The van der Waals surface area contributed by atoms with Gasteiger partial charge in [-0.3, -0.25) is 4.79 Å². The highest BCUT2D eigenvalue weighted by atomic mass is 16.6. The van der Waals surface area contributed by atoms with Crippen LogP contribution in [0.5, 0.6) is 11.5 Å². The molecule has 0 bridgehead atoms. The third-order valence-corrected chi connectivity index (χ3v) is 4.87. The summed E-state index contributed by atoms with van der Waals surface area (Å²) in [6, 6.07) is 20.0. The van der Waals surface area contributed by atoms with E-state index >= 15 is 0 Å². The maximum absolute atomic E-state index is 12.5. The molecule has 0 aliphatic carbocycles. The predicted molar refractivity (Wildman–Crippen MR) is 122 cm³/mol. The first kappa shape index (κ1) is 22.1.